The number of imide groups is 1. The van der Waals surface area contributed by atoms with Crippen molar-refractivity contribution in [2.45, 2.75) is 45.2 Å². The first-order valence-corrected chi connectivity index (χ1v) is 10.2. The van der Waals surface area contributed by atoms with Crippen molar-refractivity contribution in [3.05, 3.63) is 80.7 Å². The Bertz CT molecular complexity index is 1280. The van der Waals surface area contributed by atoms with E-state index < -0.39 is 17.2 Å². The lowest BCUT2D eigenvalue weighted by Crippen LogP contribution is -2.46. The van der Waals surface area contributed by atoms with E-state index in [4.69, 9.17) is 4.42 Å². The van der Waals surface area contributed by atoms with Crippen molar-refractivity contribution in [2.24, 2.45) is 0 Å². The highest BCUT2D eigenvalue weighted by Gasteiger charge is 2.53. The molecule has 0 radical (unpaired) electrons. The van der Waals surface area contributed by atoms with Crippen molar-refractivity contribution >= 4 is 22.9 Å². The quantitative estimate of drug-likeness (QED) is 0.524. The Balaban J connectivity index is 1.58. The molecule has 1 spiro atoms. The summed E-state index contributed by atoms with van der Waals surface area (Å²) in [4.78, 5) is 39.8. The Morgan fingerprint density at radius 2 is 1.83 bits per heavy atom. The molecule has 30 heavy (non-hydrogen) atoms. The molecule has 5 rings (SSSR count). The second-order valence-corrected chi connectivity index (χ2v) is 8.26. The smallest absolute Gasteiger partial charge is 0.336 e. The van der Waals surface area contributed by atoms with Crippen LogP contribution >= 0.6 is 0 Å². The van der Waals surface area contributed by atoms with E-state index in [9.17, 15) is 14.4 Å². The number of aryl methyl sites for hydroxylation is 3. The summed E-state index contributed by atoms with van der Waals surface area (Å²) in [5, 5.41) is 3.70. The summed E-state index contributed by atoms with van der Waals surface area (Å²) in [5.74, 6) is -0.259. The highest BCUT2D eigenvalue weighted by molar-refractivity contribution is 6.08. The van der Waals surface area contributed by atoms with E-state index in [1.54, 1.807) is 0 Å². The van der Waals surface area contributed by atoms with Gasteiger partial charge >= 0.3 is 11.7 Å². The molecule has 1 aliphatic carbocycles. The van der Waals surface area contributed by atoms with E-state index in [0.717, 1.165) is 40.5 Å². The lowest BCUT2D eigenvalue weighted by molar-refractivity contribution is -0.132. The largest absolute Gasteiger partial charge is 0.423 e. The molecule has 2 aromatic carbocycles. The number of carbonyl (C=O) groups is 2. The van der Waals surface area contributed by atoms with Crippen LogP contribution in [0.4, 0.5) is 4.79 Å². The maximum absolute atomic E-state index is 13.5. The van der Waals surface area contributed by atoms with E-state index in [1.807, 2.05) is 50.2 Å². The molecule has 1 unspecified atom stereocenters. The number of nitrogens with zero attached hydrogens (tertiary/aromatic N) is 1. The van der Waals surface area contributed by atoms with Crippen molar-refractivity contribution in [2.75, 3.05) is 0 Å². The minimum absolute atomic E-state index is 0.0270. The van der Waals surface area contributed by atoms with Crippen molar-refractivity contribution in [3.8, 4) is 0 Å². The number of amides is 3. The zero-order valence-corrected chi connectivity index (χ0v) is 17.0. The predicted octanol–water partition coefficient (Wildman–Crippen LogP) is 3.69. The van der Waals surface area contributed by atoms with Crippen molar-refractivity contribution in [1.29, 1.82) is 0 Å². The summed E-state index contributed by atoms with van der Waals surface area (Å²) < 4.78 is 5.35. The molecule has 1 fully saturated rings. The maximum Gasteiger partial charge on any atom is 0.336 e. The molecule has 1 aliphatic heterocycles. The monoisotopic (exact) mass is 402 g/mol. The number of hydrogen-bond acceptors (Lipinski definition) is 4. The Morgan fingerprint density at radius 1 is 1.07 bits per heavy atom. The van der Waals surface area contributed by atoms with Gasteiger partial charge in [-0.2, -0.15) is 0 Å². The van der Waals surface area contributed by atoms with Gasteiger partial charge in [-0.3, -0.25) is 9.69 Å². The van der Waals surface area contributed by atoms with Crippen LogP contribution in [0.2, 0.25) is 0 Å². The molecule has 152 valence electrons. The topological polar surface area (TPSA) is 79.6 Å². The SMILES string of the molecule is Cc1cc2oc(=O)cc(CN3C(=O)NC4(CCCc5ccccc54)C3=O)c2cc1C. The summed E-state index contributed by atoms with van der Waals surface area (Å²) in [7, 11) is 0. The summed E-state index contributed by atoms with van der Waals surface area (Å²) in [6.07, 6.45) is 2.29. The van der Waals surface area contributed by atoms with Crippen molar-refractivity contribution < 1.29 is 14.0 Å². The van der Waals surface area contributed by atoms with Gasteiger partial charge in [-0.1, -0.05) is 24.3 Å². The maximum atomic E-state index is 13.5. The second-order valence-electron chi connectivity index (χ2n) is 8.26. The summed E-state index contributed by atoms with van der Waals surface area (Å²) in [6, 6.07) is 12.5. The van der Waals surface area contributed by atoms with Gasteiger partial charge in [0.2, 0.25) is 0 Å². The molecule has 0 saturated carbocycles. The number of fused-ring (bicyclic) bond motifs is 3. The molecule has 2 aliphatic rings. The fourth-order valence-electron chi connectivity index (χ4n) is 4.74. The Morgan fingerprint density at radius 3 is 2.67 bits per heavy atom. The van der Waals surface area contributed by atoms with Crippen LogP contribution in [0.3, 0.4) is 0 Å². The third-order valence-electron chi connectivity index (χ3n) is 6.42. The number of hydrogen-bond donors (Lipinski definition) is 1. The minimum atomic E-state index is -1.02. The molecule has 6 nitrogen and oxygen atoms in total. The minimum Gasteiger partial charge on any atom is -0.423 e. The molecule has 2 heterocycles. The second kappa shape index (κ2) is 6.55. The van der Waals surface area contributed by atoms with Crippen LogP contribution in [-0.2, 0) is 23.3 Å². The van der Waals surface area contributed by atoms with Crippen LogP contribution in [0.15, 0.2) is 51.7 Å². The average Bonchev–Trinajstić information content (AvgIpc) is 2.94. The first-order valence-electron chi connectivity index (χ1n) is 10.2. The Hall–Kier alpha value is -3.41. The van der Waals surface area contributed by atoms with Crippen LogP contribution in [0.25, 0.3) is 11.0 Å². The highest BCUT2D eigenvalue weighted by atomic mass is 16.4. The molecular weight excluding hydrogens is 380 g/mol. The van der Waals surface area contributed by atoms with E-state index in [-0.39, 0.29) is 12.5 Å². The number of benzene rings is 2. The average molecular weight is 402 g/mol. The molecule has 3 amide bonds. The summed E-state index contributed by atoms with van der Waals surface area (Å²) in [6.45, 7) is 3.95. The third-order valence-corrected chi connectivity index (χ3v) is 6.42. The molecule has 1 atom stereocenters. The van der Waals surface area contributed by atoms with Gasteiger partial charge in [0.15, 0.2) is 0 Å². The van der Waals surface area contributed by atoms with Crippen LogP contribution in [-0.4, -0.2) is 16.8 Å². The molecule has 1 saturated heterocycles. The number of nitrogens with one attached hydrogen (secondary N) is 1. The fourth-order valence-corrected chi connectivity index (χ4v) is 4.74. The zero-order valence-electron chi connectivity index (χ0n) is 17.0. The van der Waals surface area contributed by atoms with Crippen molar-refractivity contribution in [3.63, 3.8) is 0 Å². The Kier molecular flexibility index (Phi) is 4.07. The van der Waals surface area contributed by atoms with Gasteiger partial charge in [-0.05, 0) is 73.1 Å². The standard InChI is InChI=1S/C24H22N2O4/c1-14-10-18-17(12-21(27)30-20(18)11-15(14)2)13-26-22(28)24(25-23(26)29)9-5-7-16-6-3-4-8-19(16)24/h3-4,6,8,10-12H,5,7,9,13H2,1-2H3,(H,25,29). The van der Waals surface area contributed by atoms with E-state index in [2.05, 4.69) is 5.32 Å². The molecule has 1 N–H and O–H groups in total. The molecule has 1 aromatic heterocycles. The first-order chi connectivity index (χ1) is 14.4. The Labute approximate surface area is 173 Å². The van der Waals surface area contributed by atoms with E-state index in [0.29, 0.717) is 17.6 Å². The normalized spacial score (nSPS) is 20.7. The predicted molar refractivity (Wildman–Crippen MR) is 112 cm³/mol. The van der Waals surface area contributed by atoms with Crippen LogP contribution < -0.4 is 10.9 Å². The highest BCUT2D eigenvalue weighted by Crippen LogP contribution is 2.40. The van der Waals surface area contributed by atoms with Gasteiger partial charge in [0.05, 0.1) is 6.54 Å². The van der Waals surface area contributed by atoms with E-state index in [1.165, 1.54) is 11.0 Å². The number of urea groups is 1. The van der Waals surface area contributed by atoms with Gasteiger partial charge < -0.3 is 9.73 Å². The summed E-state index contributed by atoms with van der Waals surface area (Å²) in [5.41, 5.74) is 3.58. The fraction of sp³-hybridized carbons (Fsp3) is 0.292. The van der Waals surface area contributed by atoms with Gasteiger partial charge in [-0.15, -0.1) is 0 Å². The van der Waals surface area contributed by atoms with E-state index >= 15 is 0 Å². The van der Waals surface area contributed by atoms with Crippen LogP contribution in [0.5, 0.6) is 0 Å². The van der Waals surface area contributed by atoms with Gasteiger partial charge in [0.25, 0.3) is 5.91 Å². The number of rotatable bonds is 2. The van der Waals surface area contributed by atoms with Crippen LogP contribution in [0, 0.1) is 13.8 Å². The zero-order chi connectivity index (χ0) is 21.0. The lowest BCUT2D eigenvalue weighted by Gasteiger charge is -2.33. The molecular formula is C24H22N2O4. The molecule has 0 bridgehead atoms. The lowest BCUT2D eigenvalue weighted by atomic mass is 9.76. The van der Waals surface area contributed by atoms with Gasteiger partial charge in [-0.25, -0.2) is 9.59 Å². The van der Waals surface area contributed by atoms with Crippen LogP contribution in [0.1, 0.15) is 40.7 Å². The first kappa shape index (κ1) is 18.6. The van der Waals surface area contributed by atoms with Gasteiger partial charge in [0, 0.05) is 11.5 Å². The number of carbonyl (C=O) groups excluding carboxylic acids is 2. The van der Waals surface area contributed by atoms with Crippen molar-refractivity contribution in [1.82, 2.24) is 10.2 Å². The molecule has 3 aromatic rings. The summed E-state index contributed by atoms with van der Waals surface area (Å²) >= 11 is 0. The third kappa shape index (κ3) is 2.67. The molecule has 6 heteroatoms. The van der Waals surface area contributed by atoms with Gasteiger partial charge in [0.1, 0.15) is 11.1 Å².